The van der Waals surface area contributed by atoms with Crippen LogP contribution in [0.2, 0.25) is 0 Å². The molecule has 0 aromatic heterocycles. The van der Waals surface area contributed by atoms with E-state index >= 15 is 0 Å². The minimum absolute atomic E-state index is 0.110. The Kier molecular flexibility index (Phi) is 7.85. The summed E-state index contributed by atoms with van der Waals surface area (Å²) in [5, 5.41) is 3.76. The fourth-order valence-corrected chi connectivity index (χ4v) is 3.16. The Labute approximate surface area is 159 Å². The molecule has 0 spiro atoms. The third-order valence-electron chi connectivity index (χ3n) is 4.08. The molecular weight excluding hydrogens is 326 g/mol. The van der Waals surface area contributed by atoms with Crippen LogP contribution in [0.15, 0.2) is 24.3 Å². The third-order valence-corrected chi connectivity index (χ3v) is 4.08. The van der Waals surface area contributed by atoms with Crippen molar-refractivity contribution >= 4 is 5.97 Å². The maximum Gasteiger partial charge on any atom is 0.305 e. The van der Waals surface area contributed by atoms with Gasteiger partial charge in [0, 0.05) is 17.5 Å². The van der Waals surface area contributed by atoms with Crippen LogP contribution in [0.3, 0.4) is 0 Å². The van der Waals surface area contributed by atoms with E-state index in [1.54, 1.807) is 0 Å². The lowest BCUT2D eigenvalue weighted by atomic mass is 9.84. The topological polar surface area (TPSA) is 47.6 Å². The maximum absolute atomic E-state index is 11.8. The SMILES string of the molecule is COC(=O)CC[C@](COC(C)(C)C)(Cc1cccc(C)c1)NC(C)(C)C. The Morgan fingerprint density at radius 2 is 1.77 bits per heavy atom. The Balaban J connectivity index is 3.18. The quantitative estimate of drug-likeness (QED) is 0.694. The predicted molar refractivity (Wildman–Crippen MR) is 107 cm³/mol. The molecule has 0 aliphatic rings. The van der Waals surface area contributed by atoms with E-state index < -0.39 is 0 Å². The number of nitrogens with one attached hydrogen (secondary N) is 1. The molecule has 0 fully saturated rings. The van der Waals surface area contributed by atoms with Gasteiger partial charge in [0.1, 0.15) is 0 Å². The number of hydrogen-bond acceptors (Lipinski definition) is 4. The summed E-state index contributed by atoms with van der Waals surface area (Å²) in [5.74, 6) is -0.190. The van der Waals surface area contributed by atoms with Crippen LogP contribution < -0.4 is 5.32 Å². The molecule has 0 saturated carbocycles. The number of aryl methyl sites for hydroxylation is 1. The van der Waals surface area contributed by atoms with E-state index in [2.05, 4.69) is 78.0 Å². The Morgan fingerprint density at radius 3 is 2.27 bits per heavy atom. The zero-order valence-electron chi connectivity index (χ0n) is 17.9. The second-order valence-corrected chi connectivity index (χ2v) is 9.30. The molecule has 1 atom stereocenters. The number of benzene rings is 1. The first kappa shape index (κ1) is 22.7. The summed E-state index contributed by atoms with van der Waals surface area (Å²) in [6, 6.07) is 8.52. The van der Waals surface area contributed by atoms with Gasteiger partial charge in [0.05, 0.1) is 19.3 Å². The molecule has 0 saturated heterocycles. The molecule has 1 rings (SSSR count). The zero-order valence-corrected chi connectivity index (χ0v) is 17.9. The first-order chi connectivity index (χ1) is 11.8. The predicted octanol–water partition coefficient (Wildman–Crippen LogP) is 4.43. The van der Waals surface area contributed by atoms with Crippen molar-refractivity contribution < 1.29 is 14.3 Å². The molecule has 1 N–H and O–H groups in total. The van der Waals surface area contributed by atoms with Crippen molar-refractivity contribution in [1.29, 1.82) is 0 Å². The van der Waals surface area contributed by atoms with Gasteiger partial charge in [-0.1, -0.05) is 29.8 Å². The van der Waals surface area contributed by atoms with Crippen molar-refractivity contribution in [2.45, 2.75) is 84.4 Å². The summed E-state index contributed by atoms with van der Waals surface area (Å²) in [6.45, 7) is 15.2. The lowest BCUT2D eigenvalue weighted by Crippen LogP contribution is -2.59. The van der Waals surface area contributed by atoms with Gasteiger partial charge in [-0.3, -0.25) is 4.79 Å². The average molecular weight is 364 g/mol. The van der Waals surface area contributed by atoms with Crippen LogP contribution in [0.1, 0.15) is 65.5 Å². The largest absolute Gasteiger partial charge is 0.469 e. The van der Waals surface area contributed by atoms with Crippen molar-refractivity contribution in [3.63, 3.8) is 0 Å². The van der Waals surface area contributed by atoms with Crippen molar-refractivity contribution in [2.75, 3.05) is 13.7 Å². The Bertz CT molecular complexity index is 584. The van der Waals surface area contributed by atoms with Gasteiger partial charge in [-0.15, -0.1) is 0 Å². The Morgan fingerprint density at radius 1 is 1.12 bits per heavy atom. The molecule has 0 unspecified atom stereocenters. The van der Waals surface area contributed by atoms with Crippen LogP contribution in [0, 0.1) is 6.92 Å². The van der Waals surface area contributed by atoms with Gasteiger partial charge in [-0.25, -0.2) is 0 Å². The molecule has 0 aliphatic carbocycles. The van der Waals surface area contributed by atoms with Gasteiger partial charge < -0.3 is 14.8 Å². The lowest BCUT2D eigenvalue weighted by molar-refractivity contribution is -0.141. The summed E-state index contributed by atoms with van der Waals surface area (Å²) in [4.78, 5) is 11.8. The van der Waals surface area contributed by atoms with Crippen LogP contribution >= 0.6 is 0 Å². The molecular formula is C22H37NO3. The molecule has 0 amide bonds. The van der Waals surface area contributed by atoms with Crippen LogP contribution in [-0.4, -0.2) is 36.4 Å². The first-order valence-corrected chi connectivity index (χ1v) is 9.40. The summed E-state index contributed by atoms with van der Waals surface area (Å²) in [7, 11) is 1.44. The summed E-state index contributed by atoms with van der Waals surface area (Å²) in [6.07, 6.45) is 1.80. The second kappa shape index (κ2) is 9.01. The molecule has 1 aromatic rings. The fourth-order valence-electron chi connectivity index (χ4n) is 3.16. The molecule has 0 bridgehead atoms. The number of carbonyl (C=O) groups is 1. The number of ether oxygens (including phenoxy) is 2. The smallest absolute Gasteiger partial charge is 0.305 e. The highest BCUT2D eigenvalue weighted by Gasteiger charge is 2.36. The molecule has 148 valence electrons. The van der Waals surface area contributed by atoms with Gasteiger partial charge >= 0.3 is 5.97 Å². The molecule has 4 nitrogen and oxygen atoms in total. The number of hydrogen-bond donors (Lipinski definition) is 1. The van der Waals surface area contributed by atoms with Crippen LogP contribution in [0.5, 0.6) is 0 Å². The minimum Gasteiger partial charge on any atom is -0.469 e. The highest BCUT2D eigenvalue weighted by atomic mass is 16.5. The number of rotatable bonds is 8. The van der Waals surface area contributed by atoms with E-state index in [1.807, 2.05) is 0 Å². The van der Waals surface area contributed by atoms with Gasteiger partial charge in [0.15, 0.2) is 0 Å². The third kappa shape index (κ3) is 8.81. The minimum atomic E-state index is -0.354. The number of methoxy groups -OCH3 is 1. The first-order valence-electron chi connectivity index (χ1n) is 9.40. The van der Waals surface area contributed by atoms with E-state index in [0.29, 0.717) is 19.4 Å². The van der Waals surface area contributed by atoms with E-state index in [9.17, 15) is 4.79 Å². The molecule has 0 radical (unpaired) electrons. The maximum atomic E-state index is 11.8. The van der Waals surface area contributed by atoms with Crippen molar-refractivity contribution in [1.82, 2.24) is 5.32 Å². The van der Waals surface area contributed by atoms with Crippen LogP contribution in [0.4, 0.5) is 0 Å². The highest BCUT2D eigenvalue weighted by molar-refractivity contribution is 5.69. The van der Waals surface area contributed by atoms with E-state index in [0.717, 1.165) is 6.42 Å². The van der Waals surface area contributed by atoms with Crippen molar-refractivity contribution in [3.05, 3.63) is 35.4 Å². The number of carbonyl (C=O) groups excluding carboxylic acids is 1. The van der Waals surface area contributed by atoms with Gasteiger partial charge in [-0.05, 0) is 66.9 Å². The standard InChI is InChI=1S/C22H37NO3/c1-17-10-9-11-18(14-17)15-22(23-20(2,3)4,13-12-19(24)25-8)16-26-21(5,6)7/h9-11,14,23H,12-13,15-16H2,1-8H3/t22-/m1/s1. The lowest BCUT2D eigenvalue weighted by Gasteiger charge is -2.42. The molecule has 0 aliphatic heterocycles. The normalized spacial score (nSPS) is 14.8. The summed E-state index contributed by atoms with van der Waals surface area (Å²) in [5.41, 5.74) is 1.76. The van der Waals surface area contributed by atoms with Gasteiger partial charge in [0.25, 0.3) is 0 Å². The highest BCUT2D eigenvalue weighted by Crippen LogP contribution is 2.26. The Hall–Kier alpha value is -1.39. The van der Waals surface area contributed by atoms with Crippen LogP contribution in [0.25, 0.3) is 0 Å². The molecule has 26 heavy (non-hydrogen) atoms. The molecule has 0 heterocycles. The van der Waals surface area contributed by atoms with Crippen molar-refractivity contribution in [2.24, 2.45) is 0 Å². The fraction of sp³-hybridized carbons (Fsp3) is 0.682. The van der Waals surface area contributed by atoms with E-state index in [4.69, 9.17) is 9.47 Å². The number of esters is 1. The van der Waals surface area contributed by atoms with E-state index in [1.165, 1.54) is 18.2 Å². The van der Waals surface area contributed by atoms with Crippen molar-refractivity contribution in [3.8, 4) is 0 Å². The second-order valence-electron chi connectivity index (χ2n) is 9.30. The molecule has 1 aromatic carbocycles. The van der Waals surface area contributed by atoms with Gasteiger partial charge in [-0.2, -0.15) is 0 Å². The average Bonchev–Trinajstić information content (AvgIpc) is 2.48. The van der Waals surface area contributed by atoms with Crippen LogP contribution in [-0.2, 0) is 20.7 Å². The van der Waals surface area contributed by atoms with E-state index in [-0.39, 0.29) is 22.6 Å². The molecule has 4 heteroatoms. The van der Waals surface area contributed by atoms with Gasteiger partial charge in [0.2, 0.25) is 0 Å². The monoisotopic (exact) mass is 363 g/mol. The zero-order chi connectivity index (χ0) is 20.0. The summed E-state index contributed by atoms with van der Waals surface area (Å²) >= 11 is 0. The summed E-state index contributed by atoms with van der Waals surface area (Å²) < 4.78 is 11.1.